The second-order valence-corrected chi connectivity index (χ2v) is 12.2. The second kappa shape index (κ2) is 14.3. The van der Waals surface area contributed by atoms with Crippen LogP contribution in [-0.4, -0.2) is 50.5 Å². The van der Waals surface area contributed by atoms with Gasteiger partial charge in [-0.15, -0.1) is 0 Å². The smallest absolute Gasteiger partial charge is 0.243 e. The summed E-state index contributed by atoms with van der Waals surface area (Å²) in [6.45, 7) is 6.47. The lowest BCUT2D eigenvalue weighted by Gasteiger charge is -2.32. The number of likely N-dealkylation sites (N-methyl/N-ethyl adjacent to an activating group) is 1. The quantitative estimate of drug-likeness (QED) is 0.297. The highest BCUT2D eigenvalue weighted by molar-refractivity contribution is 7.92. The topological polar surface area (TPSA) is 86.8 Å². The van der Waals surface area contributed by atoms with Gasteiger partial charge < -0.3 is 10.2 Å². The van der Waals surface area contributed by atoms with Gasteiger partial charge in [0.1, 0.15) is 6.04 Å². The summed E-state index contributed by atoms with van der Waals surface area (Å²) in [5.74, 6) is -0.460. The number of aryl methyl sites for hydroxylation is 1. The zero-order valence-corrected chi connectivity index (χ0v) is 25.1. The van der Waals surface area contributed by atoms with Gasteiger partial charge in [0.05, 0.1) is 11.9 Å². The third-order valence-corrected chi connectivity index (χ3v) is 8.32. The van der Waals surface area contributed by atoms with Gasteiger partial charge in [0.2, 0.25) is 21.8 Å². The molecular weight excluding hydrogens is 546 g/mol. The molecule has 7 nitrogen and oxygen atoms in total. The van der Waals surface area contributed by atoms with Gasteiger partial charge in [-0.05, 0) is 67.6 Å². The fourth-order valence-electron chi connectivity index (χ4n) is 4.62. The number of hydrogen-bond donors (Lipinski definition) is 1. The summed E-state index contributed by atoms with van der Waals surface area (Å²) in [7, 11) is -3.57. The molecular formula is C31H38ClN3O4S. The molecule has 0 aliphatic carbocycles. The van der Waals surface area contributed by atoms with E-state index in [1.165, 1.54) is 10.6 Å². The Labute approximate surface area is 243 Å². The molecule has 0 heterocycles. The average molecular weight is 584 g/mol. The van der Waals surface area contributed by atoms with E-state index >= 15 is 0 Å². The van der Waals surface area contributed by atoms with Crippen LogP contribution in [0.15, 0.2) is 72.8 Å². The number of anilines is 1. The van der Waals surface area contributed by atoms with Crippen molar-refractivity contribution in [2.75, 3.05) is 23.7 Å². The number of carbonyl (C=O) groups excluding carboxylic acids is 2. The molecule has 0 aromatic heterocycles. The molecule has 3 rings (SSSR count). The first-order chi connectivity index (χ1) is 19.0. The molecule has 214 valence electrons. The number of carbonyl (C=O) groups is 2. The summed E-state index contributed by atoms with van der Waals surface area (Å²) in [6.07, 6.45) is 1.90. The number of amides is 2. The largest absolute Gasteiger partial charge is 0.355 e. The lowest BCUT2D eigenvalue weighted by Crippen LogP contribution is -2.50. The molecule has 0 saturated carbocycles. The van der Waals surface area contributed by atoms with Gasteiger partial charge in [-0.2, -0.15) is 0 Å². The van der Waals surface area contributed by atoms with Crippen molar-refractivity contribution < 1.29 is 18.0 Å². The molecule has 1 N–H and O–H groups in total. The molecule has 2 amide bonds. The molecule has 0 spiro atoms. The molecule has 0 bridgehead atoms. The molecule has 3 aromatic rings. The Morgan fingerprint density at radius 2 is 1.60 bits per heavy atom. The molecule has 0 aliphatic rings. The maximum atomic E-state index is 13.8. The van der Waals surface area contributed by atoms with Gasteiger partial charge in [0.25, 0.3) is 0 Å². The van der Waals surface area contributed by atoms with Crippen LogP contribution in [0.2, 0.25) is 5.02 Å². The first kappa shape index (κ1) is 31.2. The van der Waals surface area contributed by atoms with Crippen molar-refractivity contribution in [1.29, 1.82) is 0 Å². The highest BCUT2D eigenvalue weighted by atomic mass is 35.5. The van der Waals surface area contributed by atoms with Crippen LogP contribution in [0.1, 0.15) is 42.0 Å². The first-order valence-corrected chi connectivity index (χ1v) is 15.6. The predicted molar refractivity (Wildman–Crippen MR) is 162 cm³/mol. The van der Waals surface area contributed by atoms with E-state index < -0.39 is 16.1 Å². The van der Waals surface area contributed by atoms with Crippen LogP contribution in [0.25, 0.3) is 0 Å². The number of halogens is 1. The minimum Gasteiger partial charge on any atom is -0.355 e. The molecule has 0 unspecified atom stereocenters. The van der Waals surface area contributed by atoms with Crippen molar-refractivity contribution in [3.05, 3.63) is 100 Å². The van der Waals surface area contributed by atoms with Gasteiger partial charge in [-0.3, -0.25) is 13.9 Å². The third-order valence-electron chi connectivity index (χ3n) is 6.89. The Bertz CT molecular complexity index is 1400. The molecule has 3 aromatic carbocycles. The summed E-state index contributed by atoms with van der Waals surface area (Å²) < 4.78 is 26.8. The van der Waals surface area contributed by atoms with Gasteiger partial charge in [0.15, 0.2) is 0 Å². The Morgan fingerprint density at radius 1 is 0.925 bits per heavy atom. The van der Waals surface area contributed by atoms with E-state index in [0.29, 0.717) is 30.1 Å². The second-order valence-electron chi connectivity index (χ2n) is 9.91. The van der Waals surface area contributed by atoms with Crippen molar-refractivity contribution in [2.45, 2.75) is 52.6 Å². The molecule has 9 heteroatoms. The maximum absolute atomic E-state index is 13.8. The summed E-state index contributed by atoms with van der Waals surface area (Å²) in [5.41, 5.74) is 4.25. The van der Waals surface area contributed by atoms with Crippen molar-refractivity contribution in [3.8, 4) is 0 Å². The van der Waals surface area contributed by atoms with Crippen LogP contribution in [-0.2, 0) is 32.6 Å². The Balaban J connectivity index is 1.87. The highest BCUT2D eigenvalue weighted by Gasteiger charge is 2.30. The molecule has 40 heavy (non-hydrogen) atoms. The average Bonchev–Trinajstić information content (AvgIpc) is 2.91. The van der Waals surface area contributed by atoms with Crippen LogP contribution in [0.5, 0.6) is 0 Å². The Morgan fingerprint density at radius 3 is 2.23 bits per heavy atom. The van der Waals surface area contributed by atoms with E-state index in [-0.39, 0.29) is 31.3 Å². The van der Waals surface area contributed by atoms with E-state index in [0.717, 1.165) is 22.3 Å². The highest BCUT2D eigenvalue weighted by Crippen LogP contribution is 2.26. The van der Waals surface area contributed by atoms with Gasteiger partial charge in [-0.25, -0.2) is 8.42 Å². The third kappa shape index (κ3) is 8.57. The SMILES string of the molecule is CCNC(=O)[C@H](Cc1ccccc1)N(Cc1ccc(Cl)cc1)C(=O)CCCN(c1cccc(C)c1C)S(C)(=O)=O. The number of benzene rings is 3. The van der Waals surface area contributed by atoms with E-state index in [4.69, 9.17) is 11.6 Å². The van der Waals surface area contributed by atoms with Crippen molar-refractivity contribution in [2.24, 2.45) is 0 Å². The molecule has 0 saturated heterocycles. The Hall–Kier alpha value is -3.36. The zero-order chi connectivity index (χ0) is 29.3. The van der Waals surface area contributed by atoms with Crippen LogP contribution < -0.4 is 9.62 Å². The fraction of sp³-hybridized carbons (Fsp3) is 0.355. The minimum atomic E-state index is -3.57. The summed E-state index contributed by atoms with van der Waals surface area (Å²) in [5, 5.41) is 3.46. The van der Waals surface area contributed by atoms with Crippen LogP contribution >= 0.6 is 11.6 Å². The van der Waals surface area contributed by atoms with Crippen LogP contribution in [0.4, 0.5) is 5.69 Å². The maximum Gasteiger partial charge on any atom is 0.243 e. The standard InChI is InChI=1S/C31H38ClN3O4S/c1-5-33-31(37)29(21-25-12-7-6-8-13-25)34(22-26-16-18-27(32)19-17-26)30(36)15-10-20-35(40(4,38)39)28-14-9-11-23(2)24(28)3/h6-9,11-14,16-19,29H,5,10,15,20-22H2,1-4H3,(H,33,37)/t29-/m0/s1. The van der Waals surface area contributed by atoms with E-state index in [9.17, 15) is 18.0 Å². The Kier molecular flexibility index (Phi) is 11.2. The van der Waals surface area contributed by atoms with E-state index in [1.807, 2.05) is 75.4 Å². The number of sulfonamides is 1. The minimum absolute atomic E-state index is 0.0785. The fourth-order valence-corrected chi connectivity index (χ4v) is 5.76. The van der Waals surface area contributed by atoms with Crippen molar-refractivity contribution in [1.82, 2.24) is 10.2 Å². The van der Waals surface area contributed by atoms with Gasteiger partial charge in [0, 0.05) is 37.5 Å². The number of rotatable bonds is 13. The summed E-state index contributed by atoms with van der Waals surface area (Å²) in [6, 6.07) is 21.6. The zero-order valence-electron chi connectivity index (χ0n) is 23.6. The van der Waals surface area contributed by atoms with E-state index in [1.54, 1.807) is 23.1 Å². The molecule has 0 radical (unpaired) electrons. The van der Waals surface area contributed by atoms with Crippen molar-refractivity contribution in [3.63, 3.8) is 0 Å². The number of nitrogens with zero attached hydrogens (tertiary/aromatic N) is 2. The van der Waals surface area contributed by atoms with Gasteiger partial charge >= 0.3 is 0 Å². The first-order valence-electron chi connectivity index (χ1n) is 13.4. The molecule has 0 fully saturated rings. The van der Waals surface area contributed by atoms with Crippen molar-refractivity contribution >= 4 is 39.1 Å². The van der Waals surface area contributed by atoms with E-state index in [2.05, 4.69) is 5.32 Å². The lowest BCUT2D eigenvalue weighted by atomic mass is 10.0. The summed E-state index contributed by atoms with van der Waals surface area (Å²) in [4.78, 5) is 28.7. The lowest BCUT2D eigenvalue weighted by molar-refractivity contribution is -0.141. The monoisotopic (exact) mass is 583 g/mol. The molecule has 1 atom stereocenters. The van der Waals surface area contributed by atoms with Crippen LogP contribution in [0.3, 0.4) is 0 Å². The summed E-state index contributed by atoms with van der Waals surface area (Å²) >= 11 is 6.08. The normalized spacial score (nSPS) is 12.0. The predicted octanol–water partition coefficient (Wildman–Crippen LogP) is 5.28. The molecule has 0 aliphatic heterocycles. The van der Waals surface area contributed by atoms with Crippen LogP contribution in [0, 0.1) is 13.8 Å². The number of hydrogen-bond acceptors (Lipinski definition) is 4. The van der Waals surface area contributed by atoms with Gasteiger partial charge in [-0.1, -0.05) is 66.2 Å². The number of nitrogens with one attached hydrogen (secondary N) is 1.